The van der Waals surface area contributed by atoms with E-state index in [0.29, 0.717) is 19.5 Å². The molecular weight excluding hydrogens is 244 g/mol. The molecule has 0 spiro atoms. The third-order valence-electron chi connectivity index (χ3n) is 3.18. The lowest BCUT2D eigenvalue weighted by Crippen LogP contribution is -2.45. The Labute approximate surface area is 103 Å². The Morgan fingerprint density at radius 1 is 1.38 bits per heavy atom. The Kier molecular flexibility index (Phi) is 5.56. The van der Waals surface area contributed by atoms with Gasteiger partial charge in [0.1, 0.15) is 0 Å². The molecule has 0 atom stereocenters. The average Bonchev–Trinajstić information content (AvgIpc) is 2.17. The SMILES string of the molecule is CSC1(CNS(=O)(=O)CCCCN)CCC1. The molecular formula is C10H22N2O2S2. The van der Waals surface area contributed by atoms with Crippen LogP contribution in [-0.2, 0) is 10.0 Å². The number of hydrogen-bond acceptors (Lipinski definition) is 4. The van der Waals surface area contributed by atoms with Crippen LogP contribution >= 0.6 is 11.8 Å². The number of unbranched alkanes of at least 4 members (excludes halogenated alkanes) is 1. The van der Waals surface area contributed by atoms with Gasteiger partial charge in [-0.05, 0) is 38.5 Å². The lowest BCUT2D eigenvalue weighted by atomic mass is 9.84. The maximum Gasteiger partial charge on any atom is 0.211 e. The Hall–Kier alpha value is 0.220. The van der Waals surface area contributed by atoms with Crippen LogP contribution in [0.5, 0.6) is 0 Å². The van der Waals surface area contributed by atoms with Gasteiger partial charge in [-0.2, -0.15) is 11.8 Å². The second kappa shape index (κ2) is 6.23. The summed E-state index contributed by atoms with van der Waals surface area (Å²) in [4.78, 5) is 0. The highest BCUT2D eigenvalue weighted by molar-refractivity contribution is 8.00. The van der Waals surface area contributed by atoms with Gasteiger partial charge in [-0.1, -0.05) is 6.42 Å². The topological polar surface area (TPSA) is 72.2 Å². The fourth-order valence-electron chi connectivity index (χ4n) is 1.77. The van der Waals surface area contributed by atoms with Gasteiger partial charge in [0, 0.05) is 11.3 Å². The Balaban J connectivity index is 2.30. The summed E-state index contributed by atoms with van der Waals surface area (Å²) in [6.07, 6.45) is 6.95. The van der Waals surface area contributed by atoms with E-state index < -0.39 is 10.0 Å². The molecule has 0 aliphatic heterocycles. The van der Waals surface area contributed by atoms with Gasteiger partial charge in [0.2, 0.25) is 10.0 Å². The van der Waals surface area contributed by atoms with Crippen LogP contribution < -0.4 is 10.5 Å². The average molecular weight is 266 g/mol. The van der Waals surface area contributed by atoms with E-state index >= 15 is 0 Å². The Bertz CT molecular complexity index is 294. The third-order valence-corrected chi connectivity index (χ3v) is 6.01. The van der Waals surface area contributed by atoms with Crippen molar-refractivity contribution in [1.82, 2.24) is 4.72 Å². The van der Waals surface area contributed by atoms with Gasteiger partial charge in [-0.15, -0.1) is 0 Å². The van der Waals surface area contributed by atoms with Crippen LogP contribution in [0.3, 0.4) is 0 Å². The number of nitrogens with two attached hydrogens (primary N) is 1. The Morgan fingerprint density at radius 2 is 2.06 bits per heavy atom. The largest absolute Gasteiger partial charge is 0.330 e. The summed E-state index contributed by atoms with van der Waals surface area (Å²) < 4.78 is 26.2. The van der Waals surface area contributed by atoms with Crippen molar-refractivity contribution in [1.29, 1.82) is 0 Å². The van der Waals surface area contributed by atoms with Crippen molar-refractivity contribution in [2.24, 2.45) is 5.73 Å². The van der Waals surface area contributed by atoms with E-state index in [1.54, 1.807) is 11.8 Å². The van der Waals surface area contributed by atoms with E-state index in [1.165, 1.54) is 6.42 Å². The van der Waals surface area contributed by atoms with E-state index in [0.717, 1.165) is 19.3 Å². The molecule has 0 heterocycles. The molecule has 0 aromatic rings. The summed E-state index contributed by atoms with van der Waals surface area (Å²) in [7, 11) is -3.09. The Morgan fingerprint density at radius 3 is 2.50 bits per heavy atom. The zero-order chi connectivity index (χ0) is 12.1. The van der Waals surface area contributed by atoms with Crippen LogP contribution in [0.15, 0.2) is 0 Å². The molecule has 0 unspecified atom stereocenters. The summed E-state index contributed by atoms with van der Waals surface area (Å²) in [5, 5.41) is 0. The van der Waals surface area contributed by atoms with Crippen molar-refractivity contribution in [2.45, 2.75) is 36.9 Å². The maximum absolute atomic E-state index is 11.6. The van der Waals surface area contributed by atoms with E-state index in [2.05, 4.69) is 11.0 Å². The molecule has 4 nitrogen and oxygen atoms in total. The zero-order valence-corrected chi connectivity index (χ0v) is 11.5. The molecule has 1 saturated carbocycles. The number of thioether (sulfide) groups is 1. The second-order valence-corrected chi connectivity index (χ2v) is 7.58. The smallest absolute Gasteiger partial charge is 0.211 e. The number of sulfonamides is 1. The molecule has 1 aliphatic carbocycles. The first-order valence-corrected chi connectivity index (χ1v) is 8.64. The van der Waals surface area contributed by atoms with Crippen molar-refractivity contribution < 1.29 is 8.42 Å². The molecule has 16 heavy (non-hydrogen) atoms. The zero-order valence-electron chi connectivity index (χ0n) is 9.87. The minimum atomic E-state index is -3.09. The standard InChI is InChI=1S/C10H22N2O2S2/c1-15-10(5-4-6-10)9-12-16(13,14)8-3-2-7-11/h12H,2-9,11H2,1H3. The van der Waals surface area contributed by atoms with Crippen LogP contribution in [0.25, 0.3) is 0 Å². The van der Waals surface area contributed by atoms with E-state index in [-0.39, 0.29) is 10.5 Å². The quantitative estimate of drug-likeness (QED) is 0.641. The first-order chi connectivity index (χ1) is 7.54. The number of rotatable bonds is 8. The fourth-order valence-corrected chi connectivity index (χ4v) is 4.00. The highest BCUT2D eigenvalue weighted by atomic mass is 32.2. The van der Waals surface area contributed by atoms with Gasteiger partial charge in [-0.25, -0.2) is 13.1 Å². The van der Waals surface area contributed by atoms with Gasteiger partial charge in [0.15, 0.2) is 0 Å². The van der Waals surface area contributed by atoms with Crippen molar-refractivity contribution in [3.8, 4) is 0 Å². The summed E-state index contributed by atoms with van der Waals surface area (Å²) in [5.41, 5.74) is 5.33. The van der Waals surface area contributed by atoms with Crippen LogP contribution in [0.1, 0.15) is 32.1 Å². The number of nitrogens with one attached hydrogen (secondary N) is 1. The molecule has 1 rings (SSSR count). The summed E-state index contributed by atoms with van der Waals surface area (Å²) in [6, 6.07) is 0. The third kappa shape index (κ3) is 4.24. The van der Waals surface area contributed by atoms with Crippen molar-refractivity contribution in [3.63, 3.8) is 0 Å². The normalized spacial score (nSPS) is 19.4. The first-order valence-electron chi connectivity index (χ1n) is 5.76. The highest BCUT2D eigenvalue weighted by Gasteiger charge is 2.36. The van der Waals surface area contributed by atoms with Crippen molar-refractivity contribution in [2.75, 3.05) is 25.1 Å². The highest BCUT2D eigenvalue weighted by Crippen LogP contribution is 2.42. The molecule has 1 fully saturated rings. The molecule has 3 N–H and O–H groups in total. The lowest BCUT2D eigenvalue weighted by molar-refractivity contribution is 0.361. The molecule has 1 aliphatic rings. The second-order valence-electron chi connectivity index (χ2n) is 4.38. The molecule has 6 heteroatoms. The van der Waals surface area contributed by atoms with Gasteiger partial charge in [0.05, 0.1) is 5.75 Å². The van der Waals surface area contributed by atoms with Crippen LogP contribution in [-0.4, -0.2) is 38.3 Å². The van der Waals surface area contributed by atoms with Crippen molar-refractivity contribution >= 4 is 21.8 Å². The van der Waals surface area contributed by atoms with Crippen molar-refractivity contribution in [3.05, 3.63) is 0 Å². The monoisotopic (exact) mass is 266 g/mol. The van der Waals surface area contributed by atoms with E-state index in [4.69, 9.17) is 5.73 Å². The van der Waals surface area contributed by atoms with Gasteiger partial charge < -0.3 is 5.73 Å². The molecule has 0 aromatic carbocycles. The van der Waals surface area contributed by atoms with E-state index in [1.807, 2.05) is 0 Å². The molecule has 96 valence electrons. The van der Waals surface area contributed by atoms with Gasteiger partial charge in [-0.3, -0.25) is 0 Å². The predicted octanol–water partition coefficient (Wildman–Crippen LogP) is 0.930. The van der Waals surface area contributed by atoms with Gasteiger partial charge >= 0.3 is 0 Å². The van der Waals surface area contributed by atoms with E-state index in [9.17, 15) is 8.42 Å². The van der Waals surface area contributed by atoms with Crippen LogP contribution in [0, 0.1) is 0 Å². The minimum absolute atomic E-state index is 0.168. The van der Waals surface area contributed by atoms with Gasteiger partial charge in [0.25, 0.3) is 0 Å². The number of hydrogen-bond donors (Lipinski definition) is 2. The summed E-state index contributed by atoms with van der Waals surface area (Å²) >= 11 is 1.78. The maximum atomic E-state index is 11.6. The molecule has 0 aromatic heterocycles. The first kappa shape index (κ1) is 14.3. The predicted molar refractivity (Wildman–Crippen MR) is 70.2 cm³/mol. The molecule has 0 amide bonds. The minimum Gasteiger partial charge on any atom is -0.330 e. The fraction of sp³-hybridized carbons (Fsp3) is 1.00. The summed E-state index contributed by atoms with van der Waals surface area (Å²) in [6.45, 7) is 1.14. The molecule has 0 bridgehead atoms. The molecule has 0 saturated heterocycles. The summed E-state index contributed by atoms with van der Waals surface area (Å²) in [5.74, 6) is 0.203. The van der Waals surface area contributed by atoms with Crippen LogP contribution in [0.2, 0.25) is 0 Å². The van der Waals surface area contributed by atoms with Crippen LogP contribution in [0.4, 0.5) is 0 Å². The lowest BCUT2D eigenvalue weighted by Gasteiger charge is -2.40. The molecule has 0 radical (unpaired) electrons.